The van der Waals surface area contributed by atoms with Crippen LogP contribution in [-0.2, 0) is 15.4 Å². The Morgan fingerprint density at radius 3 is 2.48 bits per heavy atom. The molecule has 0 aliphatic carbocycles. The zero-order chi connectivity index (χ0) is 22.6. The van der Waals surface area contributed by atoms with Crippen LogP contribution < -0.4 is 10.1 Å². The number of carbonyl (C=O) groups excluding carboxylic acids is 1. The van der Waals surface area contributed by atoms with Crippen LogP contribution in [0.3, 0.4) is 0 Å². The Hall–Kier alpha value is -2.09. The van der Waals surface area contributed by atoms with E-state index in [9.17, 15) is 13.2 Å². The van der Waals surface area contributed by atoms with Gasteiger partial charge in [0.1, 0.15) is 17.3 Å². The topological polar surface area (TPSA) is 75.7 Å². The molecule has 6 nitrogen and oxygen atoms in total. The lowest BCUT2D eigenvalue weighted by Crippen LogP contribution is -2.30. The van der Waals surface area contributed by atoms with Crippen molar-refractivity contribution in [2.45, 2.75) is 43.9 Å². The first kappa shape index (κ1) is 23.6. The molecule has 0 saturated carbocycles. The predicted octanol–water partition coefficient (Wildman–Crippen LogP) is 4.23. The Morgan fingerprint density at radius 1 is 1.13 bits per heavy atom. The van der Waals surface area contributed by atoms with Crippen LogP contribution in [0, 0.1) is 0 Å². The zero-order valence-corrected chi connectivity index (χ0v) is 19.7. The first-order valence-electron chi connectivity index (χ1n) is 10.4. The molecule has 0 atom stereocenters. The molecule has 0 spiro atoms. The normalized spacial score (nSPS) is 15.1. The predicted molar refractivity (Wildman–Crippen MR) is 122 cm³/mol. The molecule has 2 aromatic carbocycles. The molecule has 2 aromatic rings. The molecule has 168 valence electrons. The summed E-state index contributed by atoms with van der Waals surface area (Å²) in [6.45, 7) is 7.88. The molecular weight excluding hydrogens is 436 g/mol. The number of ether oxygens (including phenoxy) is 1. The minimum Gasteiger partial charge on any atom is -0.491 e. The van der Waals surface area contributed by atoms with Gasteiger partial charge in [-0.05, 0) is 48.1 Å². The smallest absolute Gasteiger partial charge is 0.251 e. The molecule has 0 radical (unpaired) electrons. The van der Waals surface area contributed by atoms with Gasteiger partial charge < -0.3 is 10.1 Å². The van der Waals surface area contributed by atoms with E-state index in [1.165, 1.54) is 22.5 Å². The first-order chi connectivity index (χ1) is 14.6. The van der Waals surface area contributed by atoms with Crippen molar-refractivity contribution in [2.75, 3.05) is 26.2 Å². The molecule has 8 heteroatoms. The quantitative estimate of drug-likeness (QED) is 0.622. The van der Waals surface area contributed by atoms with Crippen molar-refractivity contribution in [3.63, 3.8) is 0 Å². The summed E-state index contributed by atoms with van der Waals surface area (Å²) >= 11 is 6.15. The molecule has 1 aliphatic heterocycles. The molecule has 0 bridgehead atoms. The number of amides is 1. The highest BCUT2D eigenvalue weighted by Crippen LogP contribution is 2.31. The van der Waals surface area contributed by atoms with E-state index in [1.54, 1.807) is 0 Å². The summed E-state index contributed by atoms with van der Waals surface area (Å²) in [5.74, 6) is 0.414. The summed E-state index contributed by atoms with van der Waals surface area (Å²) in [4.78, 5) is 12.5. The lowest BCUT2D eigenvalue weighted by atomic mass is 9.86. The van der Waals surface area contributed by atoms with Crippen LogP contribution in [0.4, 0.5) is 0 Å². The van der Waals surface area contributed by atoms with Crippen LogP contribution in [0.1, 0.15) is 49.5 Å². The number of nitrogens with zero attached hydrogens (tertiary/aromatic N) is 1. The Balaban J connectivity index is 1.63. The fraction of sp³-hybridized carbons (Fsp3) is 0.435. The second-order valence-electron chi connectivity index (χ2n) is 8.61. The average Bonchev–Trinajstić information content (AvgIpc) is 3.26. The second kappa shape index (κ2) is 9.59. The molecule has 0 unspecified atom stereocenters. The van der Waals surface area contributed by atoms with E-state index in [2.05, 4.69) is 26.1 Å². The van der Waals surface area contributed by atoms with Gasteiger partial charge in [-0.2, -0.15) is 4.31 Å². The van der Waals surface area contributed by atoms with Crippen LogP contribution in [0.2, 0.25) is 5.02 Å². The van der Waals surface area contributed by atoms with E-state index in [-0.39, 0.29) is 33.3 Å². The van der Waals surface area contributed by atoms with Crippen molar-refractivity contribution in [2.24, 2.45) is 0 Å². The summed E-state index contributed by atoms with van der Waals surface area (Å²) in [6.07, 6.45) is 1.66. The number of sulfonamides is 1. The summed E-state index contributed by atoms with van der Waals surface area (Å²) < 4.78 is 33.0. The van der Waals surface area contributed by atoms with E-state index >= 15 is 0 Å². The Morgan fingerprint density at radius 2 is 1.81 bits per heavy atom. The van der Waals surface area contributed by atoms with Crippen LogP contribution in [0.15, 0.2) is 47.4 Å². The number of para-hydroxylation sites is 1. The number of nitrogens with one attached hydrogen (secondary N) is 1. The molecule has 1 N–H and O–H groups in total. The number of benzene rings is 2. The van der Waals surface area contributed by atoms with Gasteiger partial charge in [-0.1, -0.05) is 50.6 Å². The van der Waals surface area contributed by atoms with Gasteiger partial charge in [-0.25, -0.2) is 8.42 Å². The largest absolute Gasteiger partial charge is 0.491 e. The van der Waals surface area contributed by atoms with E-state index < -0.39 is 10.0 Å². The molecular formula is C23H29ClN2O4S. The summed E-state index contributed by atoms with van der Waals surface area (Å²) in [7, 11) is -3.71. The first-order valence-corrected chi connectivity index (χ1v) is 12.2. The molecule has 0 aromatic heterocycles. The van der Waals surface area contributed by atoms with Crippen molar-refractivity contribution in [1.82, 2.24) is 9.62 Å². The van der Waals surface area contributed by atoms with Gasteiger partial charge >= 0.3 is 0 Å². The van der Waals surface area contributed by atoms with E-state index in [1.807, 2.05) is 24.3 Å². The third-order valence-electron chi connectivity index (χ3n) is 5.22. The van der Waals surface area contributed by atoms with Crippen LogP contribution >= 0.6 is 11.6 Å². The molecule has 1 heterocycles. The fourth-order valence-electron chi connectivity index (χ4n) is 3.55. The van der Waals surface area contributed by atoms with E-state index in [4.69, 9.17) is 16.3 Å². The minimum atomic E-state index is -3.71. The lowest BCUT2D eigenvalue weighted by Gasteiger charge is -2.22. The highest BCUT2D eigenvalue weighted by Gasteiger charge is 2.29. The van der Waals surface area contributed by atoms with Gasteiger partial charge in [0.25, 0.3) is 5.91 Å². The Bertz CT molecular complexity index is 1040. The maximum atomic E-state index is 12.8. The number of hydrogen-bond donors (Lipinski definition) is 1. The van der Waals surface area contributed by atoms with E-state index in [0.29, 0.717) is 19.7 Å². The third-order valence-corrected chi connectivity index (χ3v) is 7.60. The molecule has 3 rings (SSSR count). The van der Waals surface area contributed by atoms with Crippen molar-refractivity contribution in [3.8, 4) is 5.75 Å². The average molecular weight is 465 g/mol. The SMILES string of the molecule is CC(C)(C)c1ccccc1OCCNC(=O)c1ccc(Cl)c(S(=O)(=O)N2CCCC2)c1. The molecule has 1 saturated heterocycles. The summed E-state index contributed by atoms with van der Waals surface area (Å²) in [6, 6.07) is 12.2. The van der Waals surface area contributed by atoms with Gasteiger partial charge in [0.05, 0.1) is 11.6 Å². The van der Waals surface area contributed by atoms with E-state index in [0.717, 1.165) is 24.2 Å². The Kier molecular flexibility index (Phi) is 7.29. The van der Waals surface area contributed by atoms with Crippen molar-refractivity contribution >= 4 is 27.5 Å². The standard InChI is InChI=1S/C23H29ClN2O4S/c1-23(2,3)18-8-4-5-9-20(18)30-15-12-25-22(27)17-10-11-19(24)21(16-17)31(28,29)26-13-6-7-14-26/h4-5,8-11,16H,6-7,12-15H2,1-3H3,(H,25,27). The third kappa shape index (κ3) is 5.59. The summed E-state index contributed by atoms with van der Waals surface area (Å²) in [5.41, 5.74) is 1.29. The van der Waals surface area contributed by atoms with Gasteiger partial charge in [0.15, 0.2) is 0 Å². The highest BCUT2D eigenvalue weighted by molar-refractivity contribution is 7.89. The van der Waals surface area contributed by atoms with Gasteiger partial charge in [-0.3, -0.25) is 4.79 Å². The minimum absolute atomic E-state index is 0.0286. The molecule has 1 fully saturated rings. The van der Waals surface area contributed by atoms with Gasteiger partial charge in [0, 0.05) is 18.7 Å². The van der Waals surface area contributed by atoms with Crippen molar-refractivity contribution < 1.29 is 17.9 Å². The summed E-state index contributed by atoms with van der Waals surface area (Å²) in [5, 5.41) is 2.90. The van der Waals surface area contributed by atoms with Crippen molar-refractivity contribution in [3.05, 3.63) is 58.6 Å². The number of carbonyl (C=O) groups is 1. The monoisotopic (exact) mass is 464 g/mol. The maximum absolute atomic E-state index is 12.8. The maximum Gasteiger partial charge on any atom is 0.251 e. The number of rotatable bonds is 7. The molecule has 31 heavy (non-hydrogen) atoms. The van der Waals surface area contributed by atoms with Crippen LogP contribution in [0.25, 0.3) is 0 Å². The zero-order valence-electron chi connectivity index (χ0n) is 18.2. The lowest BCUT2D eigenvalue weighted by molar-refractivity contribution is 0.0946. The van der Waals surface area contributed by atoms with Crippen LogP contribution in [-0.4, -0.2) is 44.9 Å². The number of halogens is 1. The van der Waals surface area contributed by atoms with Gasteiger partial charge in [-0.15, -0.1) is 0 Å². The molecule has 1 amide bonds. The van der Waals surface area contributed by atoms with Crippen LogP contribution in [0.5, 0.6) is 5.75 Å². The second-order valence-corrected chi connectivity index (χ2v) is 10.9. The Labute approximate surface area is 189 Å². The fourth-order valence-corrected chi connectivity index (χ4v) is 5.57. The number of hydrogen-bond acceptors (Lipinski definition) is 4. The van der Waals surface area contributed by atoms with Gasteiger partial charge in [0.2, 0.25) is 10.0 Å². The van der Waals surface area contributed by atoms with Crippen molar-refractivity contribution in [1.29, 1.82) is 0 Å². The molecule has 1 aliphatic rings. The highest BCUT2D eigenvalue weighted by atomic mass is 35.5.